The molecule has 6 heteroatoms. The van der Waals surface area contributed by atoms with Crippen LogP contribution in [0.25, 0.3) is 0 Å². The fourth-order valence-electron chi connectivity index (χ4n) is 4.12. The third-order valence-corrected chi connectivity index (χ3v) is 10.7. The SMILES string of the molecule is C=C[C@@H](CCC)CS(=O)(=NS(=O)(=O)c1c(C(C)C)cc(C(C)C)cc1C(C)C)c1ccccc1. The van der Waals surface area contributed by atoms with Crippen LogP contribution in [0.2, 0.25) is 0 Å². The maximum atomic E-state index is 14.4. The third kappa shape index (κ3) is 6.60. The van der Waals surface area contributed by atoms with Crippen molar-refractivity contribution in [2.75, 3.05) is 5.75 Å². The summed E-state index contributed by atoms with van der Waals surface area (Å²) < 4.78 is 46.6. The molecule has 0 aromatic heterocycles. The van der Waals surface area contributed by atoms with Crippen LogP contribution < -0.4 is 0 Å². The molecule has 2 rings (SSSR count). The van der Waals surface area contributed by atoms with Crippen LogP contribution in [0.4, 0.5) is 0 Å². The van der Waals surface area contributed by atoms with Crippen molar-refractivity contribution in [3.05, 3.63) is 71.8 Å². The van der Waals surface area contributed by atoms with Crippen LogP contribution >= 0.6 is 0 Å². The summed E-state index contributed by atoms with van der Waals surface area (Å²) in [6, 6.07) is 12.8. The zero-order valence-corrected chi connectivity index (χ0v) is 23.4. The number of allylic oxidation sites excluding steroid dienone is 1. The van der Waals surface area contributed by atoms with Gasteiger partial charge in [0.2, 0.25) is 0 Å². The predicted molar refractivity (Wildman–Crippen MR) is 145 cm³/mol. The molecule has 0 bridgehead atoms. The first-order valence-electron chi connectivity index (χ1n) is 12.2. The molecule has 0 amide bonds. The number of benzene rings is 2. The van der Waals surface area contributed by atoms with Gasteiger partial charge in [-0.05, 0) is 58.9 Å². The Morgan fingerprint density at radius 3 is 1.82 bits per heavy atom. The average Bonchev–Trinajstić information content (AvgIpc) is 2.77. The Hall–Kier alpha value is -1.92. The minimum atomic E-state index is -4.21. The van der Waals surface area contributed by atoms with Crippen molar-refractivity contribution in [2.45, 2.75) is 88.9 Å². The molecule has 0 radical (unpaired) electrons. The Labute approximate surface area is 208 Å². The Bertz CT molecular complexity index is 1170. The molecule has 0 saturated carbocycles. The lowest BCUT2D eigenvalue weighted by molar-refractivity contribution is 0.591. The number of sulfonamides is 1. The van der Waals surface area contributed by atoms with Crippen LogP contribution in [0.5, 0.6) is 0 Å². The summed E-state index contributed by atoms with van der Waals surface area (Å²) in [5.41, 5.74) is 2.58. The van der Waals surface area contributed by atoms with E-state index in [-0.39, 0.29) is 34.3 Å². The molecule has 4 nitrogen and oxygen atoms in total. The number of rotatable bonds is 11. The minimum absolute atomic E-state index is 0.0232. The quantitative estimate of drug-likeness (QED) is 0.293. The first-order chi connectivity index (χ1) is 15.9. The minimum Gasteiger partial charge on any atom is -0.244 e. The summed E-state index contributed by atoms with van der Waals surface area (Å²) in [6.45, 7) is 18.1. The van der Waals surface area contributed by atoms with Gasteiger partial charge in [0.1, 0.15) is 0 Å². The molecule has 2 atom stereocenters. The van der Waals surface area contributed by atoms with Crippen LogP contribution in [0.3, 0.4) is 0 Å². The highest BCUT2D eigenvalue weighted by atomic mass is 32.3. The second kappa shape index (κ2) is 11.7. The standard InChI is InChI=1S/C28H41NO3S2/c1-9-14-23(10-2)19-33(30,25-15-12-11-13-16-25)29-34(31,32)28-26(21(5)6)17-24(20(3)4)18-27(28)22(7)8/h10-13,15-18,20-23H,2,9,14,19H2,1,3-8H3/t23-,33?/m0/s1. The van der Waals surface area contributed by atoms with Crippen molar-refractivity contribution in [1.82, 2.24) is 0 Å². The van der Waals surface area contributed by atoms with E-state index < -0.39 is 19.8 Å². The van der Waals surface area contributed by atoms with Crippen molar-refractivity contribution < 1.29 is 12.6 Å². The molecular weight excluding hydrogens is 462 g/mol. The third-order valence-electron chi connectivity index (χ3n) is 6.10. The molecule has 0 aliphatic heterocycles. The molecule has 0 aliphatic carbocycles. The first kappa shape index (κ1) is 28.3. The summed E-state index contributed by atoms with van der Waals surface area (Å²) in [5.74, 6) is 0.259. The average molecular weight is 504 g/mol. The van der Waals surface area contributed by atoms with E-state index in [1.165, 1.54) is 0 Å². The number of hydrogen-bond donors (Lipinski definition) is 0. The molecule has 2 aromatic rings. The summed E-state index contributed by atoms with van der Waals surface area (Å²) in [6.07, 6.45) is 3.44. The van der Waals surface area contributed by atoms with Gasteiger partial charge in [-0.1, -0.05) is 91.3 Å². The summed E-state index contributed by atoms with van der Waals surface area (Å²) in [5, 5.41) is 0. The van der Waals surface area contributed by atoms with Crippen molar-refractivity contribution >= 4 is 19.8 Å². The highest BCUT2D eigenvalue weighted by molar-refractivity contribution is 8.03. The van der Waals surface area contributed by atoms with Crippen LogP contribution in [-0.2, 0) is 19.8 Å². The molecule has 0 saturated heterocycles. The van der Waals surface area contributed by atoms with Crippen molar-refractivity contribution in [3.8, 4) is 0 Å². The van der Waals surface area contributed by atoms with Crippen LogP contribution in [0, 0.1) is 5.92 Å². The van der Waals surface area contributed by atoms with E-state index in [0.29, 0.717) is 4.90 Å². The van der Waals surface area contributed by atoms with Crippen LogP contribution in [-0.4, -0.2) is 18.4 Å². The van der Waals surface area contributed by atoms with E-state index in [9.17, 15) is 12.6 Å². The molecule has 0 N–H and O–H groups in total. The highest BCUT2D eigenvalue weighted by Crippen LogP contribution is 2.37. The molecule has 0 aliphatic rings. The van der Waals surface area contributed by atoms with Gasteiger partial charge in [0, 0.05) is 10.6 Å². The molecule has 188 valence electrons. The van der Waals surface area contributed by atoms with Crippen LogP contribution in [0.15, 0.2) is 68.7 Å². The normalized spacial score (nSPS) is 14.9. The smallest absolute Gasteiger partial charge is 0.244 e. The topological polar surface area (TPSA) is 63.6 Å². The molecular formula is C28H41NO3S2. The molecule has 34 heavy (non-hydrogen) atoms. The Morgan fingerprint density at radius 1 is 0.882 bits per heavy atom. The van der Waals surface area contributed by atoms with Gasteiger partial charge in [-0.2, -0.15) is 8.42 Å². The van der Waals surface area contributed by atoms with Gasteiger partial charge in [-0.15, -0.1) is 10.3 Å². The Balaban J connectivity index is 2.90. The van der Waals surface area contributed by atoms with Crippen molar-refractivity contribution in [1.29, 1.82) is 0 Å². The fourth-order valence-corrected chi connectivity index (χ4v) is 9.11. The predicted octanol–water partition coefficient (Wildman–Crippen LogP) is 7.87. The molecule has 2 aromatic carbocycles. The number of nitrogens with zero attached hydrogens (tertiary/aromatic N) is 1. The van der Waals surface area contributed by atoms with E-state index in [2.05, 4.69) is 31.1 Å². The Morgan fingerprint density at radius 2 is 1.41 bits per heavy atom. The number of hydrogen-bond acceptors (Lipinski definition) is 3. The van der Waals surface area contributed by atoms with Gasteiger partial charge < -0.3 is 0 Å². The van der Waals surface area contributed by atoms with E-state index in [0.717, 1.165) is 29.5 Å². The zero-order chi connectivity index (χ0) is 25.7. The van der Waals surface area contributed by atoms with E-state index >= 15 is 0 Å². The van der Waals surface area contributed by atoms with Gasteiger partial charge in [-0.3, -0.25) is 0 Å². The lowest BCUT2D eigenvalue weighted by Crippen LogP contribution is -2.18. The maximum Gasteiger partial charge on any atom is 0.290 e. The second-order valence-electron chi connectivity index (χ2n) is 9.95. The largest absolute Gasteiger partial charge is 0.290 e. The lowest BCUT2D eigenvalue weighted by atomic mass is 9.89. The summed E-state index contributed by atoms with van der Waals surface area (Å²) >= 11 is 0. The van der Waals surface area contributed by atoms with Gasteiger partial charge in [-0.25, -0.2) is 4.21 Å². The summed E-state index contributed by atoms with van der Waals surface area (Å²) in [7, 11) is -7.47. The molecule has 1 unspecified atom stereocenters. The van der Waals surface area contributed by atoms with E-state index in [4.69, 9.17) is 0 Å². The monoisotopic (exact) mass is 503 g/mol. The van der Waals surface area contributed by atoms with Gasteiger partial charge >= 0.3 is 0 Å². The highest BCUT2D eigenvalue weighted by Gasteiger charge is 2.30. The molecule has 0 heterocycles. The van der Waals surface area contributed by atoms with Gasteiger partial charge in [0.05, 0.1) is 14.6 Å². The van der Waals surface area contributed by atoms with Gasteiger partial charge in [0.15, 0.2) is 0 Å². The molecule has 0 spiro atoms. The maximum absolute atomic E-state index is 14.4. The lowest BCUT2D eigenvalue weighted by Gasteiger charge is -2.22. The fraction of sp³-hybridized carbons (Fsp3) is 0.500. The van der Waals surface area contributed by atoms with Gasteiger partial charge in [0.25, 0.3) is 10.0 Å². The molecule has 0 fully saturated rings. The zero-order valence-electron chi connectivity index (χ0n) is 21.7. The van der Waals surface area contributed by atoms with Crippen LogP contribution in [0.1, 0.15) is 95.8 Å². The van der Waals surface area contributed by atoms with Crippen molar-refractivity contribution in [3.63, 3.8) is 0 Å². The van der Waals surface area contributed by atoms with Crippen molar-refractivity contribution in [2.24, 2.45) is 9.69 Å². The van der Waals surface area contributed by atoms with E-state index in [1.54, 1.807) is 30.3 Å². The Kier molecular flexibility index (Phi) is 9.72. The second-order valence-corrected chi connectivity index (χ2v) is 14.0. The first-order valence-corrected chi connectivity index (χ1v) is 15.3. The van der Waals surface area contributed by atoms with E-state index in [1.807, 2.05) is 45.9 Å². The summed E-state index contributed by atoms with van der Waals surface area (Å²) in [4.78, 5) is 0.661.